The van der Waals surface area contributed by atoms with Crippen LogP contribution in [0, 0.1) is 0 Å². The summed E-state index contributed by atoms with van der Waals surface area (Å²) < 4.78 is 5.49. The van der Waals surface area contributed by atoms with Crippen LogP contribution >= 0.6 is 0 Å². The van der Waals surface area contributed by atoms with E-state index in [2.05, 4.69) is 41.4 Å². The molecule has 5 heteroatoms. The van der Waals surface area contributed by atoms with Gasteiger partial charge in [-0.15, -0.1) is 0 Å². The van der Waals surface area contributed by atoms with Crippen LogP contribution in [0.3, 0.4) is 0 Å². The highest BCUT2D eigenvalue weighted by atomic mass is 16.5. The second-order valence-electron chi connectivity index (χ2n) is 5.32. The first kappa shape index (κ1) is 14.1. The quantitative estimate of drug-likeness (QED) is 0.826. The normalized spacial score (nSPS) is 22.5. The predicted octanol–water partition coefficient (Wildman–Crippen LogP) is 2.45. The van der Waals surface area contributed by atoms with E-state index in [0.717, 1.165) is 50.7 Å². The van der Waals surface area contributed by atoms with Crippen LogP contribution in [-0.2, 0) is 11.2 Å². The predicted molar refractivity (Wildman–Crippen MR) is 77.7 cm³/mol. The number of nitrogens with zero attached hydrogens (tertiary/aromatic N) is 2. The fourth-order valence-corrected chi connectivity index (χ4v) is 2.38. The lowest BCUT2D eigenvalue weighted by Gasteiger charge is -2.26. The second kappa shape index (κ2) is 6.19. The fraction of sp³-hybridized carbons (Fsp3) is 0.714. The van der Waals surface area contributed by atoms with Crippen LogP contribution in [0.1, 0.15) is 39.2 Å². The van der Waals surface area contributed by atoms with Crippen molar-refractivity contribution < 1.29 is 4.74 Å². The molecule has 106 valence electrons. The molecule has 1 aliphatic rings. The lowest BCUT2D eigenvalue weighted by Crippen LogP contribution is -2.36. The Bertz CT molecular complexity index is 416. The van der Waals surface area contributed by atoms with Crippen molar-refractivity contribution in [2.24, 2.45) is 0 Å². The third kappa shape index (κ3) is 3.35. The highest BCUT2D eigenvalue weighted by molar-refractivity contribution is 5.58. The van der Waals surface area contributed by atoms with Crippen LogP contribution in [-0.4, -0.2) is 35.3 Å². The molecule has 0 radical (unpaired) electrons. The molecule has 2 heterocycles. The van der Waals surface area contributed by atoms with Gasteiger partial charge >= 0.3 is 0 Å². The maximum absolute atomic E-state index is 5.49. The van der Waals surface area contributed by atoms with Crippen LogP contribution in [0.4, 0.5) is 11.6 Å². The van der Waals surface area contributed by atoms with E-state index < -0.39 is 0 Å². The van der Waals surface area contributed by atoms with Crippen LogP contribution in [0.15, 0.2) is 6.33 Å². The summed E-state index contributed by atoms with van der Waals surface area (Å²) in [5.74, 6) is 1.89. The van der Waals surface area contributed by atoms with Gasteiger partial charge in [0.2, 0.25) is 0 Å². The van der Waals surface area contributed by atoms with Crippen molar-refractivity contribution in [2.75, 3.05) is 30.4 Å². The first-order valence-corrected chi connectivity index (χ1v) is 7.12. The van der Waals surface area contributed by atoms with Crippen molar-refractivity contribution in [1.29, 1.82) is 0 Å². The molecule has 1 aliphatic heterocycles. The zero-order chi connectivity index (χ0) is 13.7. The maximum Gasteiger partial charge on any atom is 0.135 e. The molecule has 0 aliphatic carbocycles. The molecule has 0 spiro atoms. The monoisotopic (exact) mass is 264 g/mol. The summed E-state index contributed by atoms with van der Waals surface area (Å²) >= 11 is 0. The molecule has 5 nitrogen and oxygen atoms in total. The highest BCUT2D eigenvalue weighted by Gasteiger charge is 2.30. The van der Waals surface area contributed by atoms with Crippen molar-refractivity contribution in [1.82, 2.24) is 9.97 Å². The molecule has 0 bridgehead atoms. The Kier molecular flexibility index (Phi) is 4.58. The van der Waals surface area contributed by atoms with Crippen LogP contribution in [0.2, 0.25) is 0 Å². The molecule has 1 atom stereocenters. The van der Waals surface area contributed by atoms with E-state index in [9.17, 15) is 0 Å². The van der Waals surface area contributed by atoms with Gasteiger partial charge in [0.15, 0.2) is 0 Å². The third-order valence-electron chi connectivity index (χ3n) is 3.43. The lowest BCUT2D eigenvalue weighted by molar-refractivity contribution is 0.185. The summed E-state index contributed by atoms with van der Waals surface area (Å²) in [6, 6.07) is 0. The van der Waals surface area contributed by atoms with Gasteiger partial charge in [0.05, 0.1) is 12.1 Å². The summed E-state index contributed by atoms with van der Waals surface area (Å²) in [6.07, 6.45) is 4.69. The van der Waals surface area contributed by atoms with Crippen molar-refractivity contribution in [2.45, 2.75) is 45.6 Å². The average Bonchev–Trinajstić information content (AvgIpc) is 2.80. The van der Waals surface area contributed by atoms with E-state index in [1.54, 1.807) is 6.33 Å². The van der Waals surface area contributed by atoms with Gasteiger partial charge in [-0.1, -0.05) is 13.3 Å². The van der Waals surface area contributed by atoms with Gasteiger partial charge in [-0.25, -0.2) is 9.97 Å². The van der Waals surface area contributed by atoms with Crippen LogP contribution in [0.5, 0.6) is 0 Å². The molecule has 0 amide bonds. The van der Waals surface area contributed by atoms with Gasteiger partial charge in [0, 0.05) is 18.7 Å². The average molecular weight is 264 g/mol. The molecule has 1 aromatic rings. The van der Waals surface area contributed by atoms with Crippen LogP contribution in [0.25, 0.3) is 0 Å². The molecule has 1 fully saturated rings. The number of anilines is 2. The van der Waals surface area contributed by atoms with E-state index in [1.807, 2.05) is 0 Å². The summed E-state index contributed by atoms with van der Waals surface area (Å²) in [5, 5.41) is 6.87. The van der Waals surface area contributed by atoms with E-state index in [-0.39, 0.29) is 5.54 Å². The zero-order valence-corrected chi connectivity index (χ0v) is 12.1. The first-order chi connectivity index (χ1) is 9.18. The van der Waals surface area contributed by atoms with E-state index in [1.165, 1.54) is 5.56 Å². The molecule has 2 rings (SSSR count). The molecule has 1 saturated heterocycles. The zero-order valence-electron chi connectivity index (χ0n) is 12.1. The Balaban J connectivity index is 2.24. The van der Waals surface area contributed by atoms with Gasteiger partial charge in [-0.2, -0.15) is 0 Å². The Hall–Kier alpha value is -1.36. The minimum Gasteiger partial charge on any atom is -0.379 e. The number of hydrogen-bond donors (Lipinski definition) is 2. The summed E-state index contributed by atoms with van der Waals surface area (Å²) in [7, 11) is 0. The van der Waals surface area contributed by atoms with E-state index in [0.29, 0.717) is 0 Å². The van der Waals surface area contributed by atoms with Crippen molar-refractivity contribution >= 4 is 11.6 Å². The Morgan fingerprint density at radius 1 is 1.32 bits per heavy atom. The first-order valence-electron chi connectivity index (χ1n) is 7.12. The molecule has 0 aromatic carbocycles. The summed E-state index contributed by atoms with van der Waals surface area (Å²) in [6.45, 7) is 8.86. The molecule has 2 N–H and O–H groups in total. The van der Waals surface area contributed by atoms with Crippen molar-refractivity contribution in [3.8, 4) is 0 Å². The Morgan fingerprint density at radius 2 is 2.11 bits per heavy atom. The maximum atomic E-state index is 5.49. The number of aromatic nitrogens is 2. The Morgan fingerprint density at radius 3 is 2.74 bits per heavy atom. The largest absolute Gasteiger partial charge is 0.379 e. The Labute approximate surface area is 115 Å². The third-order valence-corrected chi connectivity index (χ3v) is 3.43. The molecular weight excluding hydrogens is 240 g/mol. The molecule has 1 aromatic heterocycles. The summed E-state index contributed by atoms with van der Waals surface area (Å²) in [4.78, 5) is 8.78. The van der Waals surface area contributed by atoms with E-state index in [4.69, 9.17) is 4.74 Å². The molecule has 1 unspecified atom stereocenters. The molecular formula is C14H24N4O. The van der Waals surface area contributed by atoms with Gasteiger partial charge in [-0.3, -0.25) is 0 Å². The topological polar surface area (TPSA) is 59.1 Å². The molecule has 19 heavy (non-hydrogen) atoms. The minimum atomic E-state index is -0.0136. The van der Waals surface area contributed by atoms with Crippen LogP contribution < -0.4 is 10.6 Å². The van der Waals surface area contributed by atoms with Crippen molar-refractivity contribution in [3.63, 3.8) is 0 Å². The minimum absolute atomic E-state index is 0.0136. The number of ether oxygens (including phenoxy) is 1. The lowest BCUT2D eigenvalue weighted by atomic mass is 10.0. The number of hydrogen-bond acceptors (Lipinski definition) is 5. The summed E-state index contributed by atoms with van der Waals surface area (Å²) in [5.41, 5.74) is 1.17. The number of rotatable bonds is 6. The van der Waals surface area contributed by atoms with Gasteiger partial charge in [-0.05, 0) is 26.7 Å². The second-order valence-corrected chi connectivity index (χ2v) is 5.32. The van der Waals surface area contributed by atoms with Gasteiger partial charge < -0.3 is 15.4 Å². The van der Waals surface area contributed by atoms with Gasteiger partial charge in [0.25, 0.3) is 0 Å². The number of nitrogens with one attached hydrogen (secondary N) is 2. The van der Waals surface area contributed by atoms with Gasteiger partial charge in [0.1, 0.15) is 18.0 Å². The molecule has 0 saturated carbocycles. The highest BCUT2D eigenvalue weighted by Crippen LogP contribution is 2.28. The smallest absolute Gasteiger partial charge is 0.135 e. The van der Waals surface area contributed by atoms with Crippen molar-refractivity contribution in [3.05, 3.63) is 11.9 Å². The fourth-order valence-electron chi connectivity index (χ4n) is 2.38. The standard InChI is InChI=1S/C14H24N4O/c1-4-6-11-12(15-5-2)16-10-17-13(11)18-14(3)7-8-19-9-14/h10H,4-9H2,1-3H3,(H2,15,16,17,18). The van der Waals surface area contributed by atoms with E-state index >= 15 is 0 Å². The SMILES string of the molecule is CCCc1c(NCC)ncnc1NC1(C)CCOC1.